The zero-order chi connectivity index (χ0) is 3.41. The van der Waals surface area contributed by atoms with E-state index in [2.05, 4.69) is 6.26 Å². The zero-order valence-corrected chi connectivity index (χ0v) is 3.05. The minimum Gasteiger partial charge on any atom is -0.225 e. The first-order valence-electron chi connectivity index (χ1n) is 0.866. The van der Waals surface area contributed by atoms with Crippen LogP contribution in [0, 0.1) is 6.26 Å². The van der Waals surface area contributed by atoms with Crippen LogP contribution in [-0.4, -0.2) is 5.94 Å². The standard InChI is InChI=1S/C2H4OS/c1-4-2-3/h1-2H2. The summed E-state index contributed by atoms with van der Waals surface area (Å²) >= 11 is 1.05. The average Bonchev–Trinajstić information content (AvgIpc) is 1.37. The fraction of sp³-hybridized carbons (Fsp3) is 0.500. The first-order chi connectivity index (χ1) is 1.91. The van der Waals surface area contributed by atoms with Gasteiger partial charge in [0.05, 0.1) is 0 Å². The predicted molar refractivity (Wildman–Crippen MR) is 18.5 cm³/mol. The summed E-state index contributed by atoms with van der Waals surface area (Å²) in [4.78, 5) is 0. The van der Waals surface area contributed by atoms with E-state index in [0.29, 0.717) is 0 Å². The van der Waals surface area contributed by atoms with Crippen LogP contribution in [0.4, 0.5) is 0 Å². The molecule has 2 heteroatoms. The molecule has 0 amide bonds. The van der Waals surface area contributed by atoms with Crippen LogP contribution < -0.4 is 0 Å². The molecular formula is C2H4OS. The smallest absolute Gasteiger partial charge is 0.128 e. The Bertz CT molecular complexity index is 8.00. The van der Waals surface area contributed by atoms with Crippen molar-refractivity contribution in [3.8, 4) is 0 Å². The molecule has 0 aliphatic heterocycles. The molecule has 0 fully saturated rings. The van der Waals surface area contributed by atoms with Gasteiger partial charge in [0.15, 0.2) is 0 Å². The molecule has 0 aliphatic rings. The Hall–Kier alpha value is 0.310. The van der Waals surface area contributed by atoms with Gasteiger partial charge < -0.3 is 0 Å². The van der Waals surface area contributed by atoms with E-state index < -0.39 is 0 Å². The third-order valence-electron chi connectivity index (χ3n) is 0.0833. The summed E-state index contributed by atoms with van der Waals surface area (Å²) in [6.07, 6.45) is 3.21. The molecule has 0 aliphatic carbocycles. The molecular weight excluding hydrogens is 72.1 g/mol. The molecule has 4 heavy (non-hydrogen) atoms. The van der Waals surface area contributed by atoms with E-state index in [0.717, 1.165) is 11.8 Å². The molecule has 0 spiro atoms. The molecule has 0 N–H and O–H groups in total. The summed E-state index contributed by atoms with van der Waals surface area (Å²) in [5.74, 6) is -0.125. The third-order valence-corrected chi connectivity index (χ3v) is 0.250. The molecule has 0 saturated heterocycles. The van der Waals surface area contributed by atoms with Crippen LogP contribution in [0.25, 0.3) is 0 Å². The van der Waals surface area contributed by atoms with Crippen LogP contribution in [0.1, 0.15) is 0 Å². The lowest BCUT2D eigenvalue weighted by molar-refractivity contribution is 0.261. The summed E-state index contributed by atoms with van der Waals surface area (Å²) in [5, 5.41) is 9.20. The van der Waals surface area contributed by atoms with Crippen LogP contribution in [0.3, 0.4) is 0 Å². The second-order valence-electron chi connectivity index (χ2n) is 0.322. The van der Waals surface area contributed by atoms with Crippen molar-refractivity contribution in [1.29, 1.82) is 0 Å². The fourth-order valence-electron chi connectivity index (χ4n) is 0. The second-order valence-corrected chi connectivity index (χ2v) is 0.966. The van der Waals surface area contributed by atoms with Crippen molar-refractivity contribution >= 4 is 11.8 Å². The lowest BCUT2D eigenvalue weighted by Crippen LogP contribution is -1.54. The van der Waals surface area contributed by atoms with Crippen LogP contribution in [0.15, 0.2) is 0 Å². The molecule has 0 rings (SSSR count). The van der Waals surface area contributed by atoms with Crippen LogP contribution >= 0.6 is 11.8 Å². The maximum atomic E-state index is 9.20. The summed E-state index contributed by atoms with van der Waals surface area (Å²) in [7, 11) is 0. The van der Waals surface area contributed by atoms with Gasteiger partial charge in [-0.3, -0.25) is 0 Å². The van der Waals surface area contributed by atoms with E-state index in [1.165, 1.54) is 0 Å². The van der Waals surface area contributed by atoms with Crippen LogP contribution in [0.5, 0.6) is 0 Å². The average molecular weight is 76.1 g/mol. The molecule has 0 unspecified atom stereocenters. The second kappa shape index (κ2) is 3.31. The third kappa shape index (κ3) is 2.31. The Balaban J connectivity index is 1.97. The van der Waals surface area contributed by atoms with Crippen LogP contribution in [-0.2, 0) is 5.11 Å². The summed E-state index contributed by atoms with van der Waals surface area (Å²) in [6.45, 7) is 0. The Kier molecular flexibility index (Phi) is 3.57. The number of hydrogen-bond donors (Lipinski definition) is 0. The minimum absolute atomic E-state index is 0.125. The number of rotatable bonds is 1. The van der Waals surface area contributed by atoms with Crippen LogP contribution in [0.2, 0.25) is 0 Å². The van der Waals surface area contributed by atoms with Crippen molar-refractivity contribution in [1.82, 2.24) is 0 Å². The summed E-state index contributed by atoms with van der Waals surface area (Å²) in [6, 6.07) is 0. The first-order valence-corrected chi connectivity index (χ1v) is 2.02. The predicted octanol–water partition coefficient (Wildman–Crippen LogP) is 0.899. The molecule has 1 nitrogen and oxygen atoms in total. The van der Waals surface area contributed by atoms with Gasteiger partial charge in [0.2, 0.25) is 0 Å². The van der Waals surface area contributed by atoms with Crippen molar-refractivity contribution in [3.05, 3.63) is 6.26 Å². The SMILES string of the molecule is [CH2]SC[O]. The number of hydrogen-bond acceptors (Lipinski definition) is 1. The highest BCUT2D eigenvalue weighted by atomic mass is 32.2. The maximum Gasteiger partial charge on any atom is 0.128 e. The highest BCUT2D eigenvalue weighted by molar-refractivity contribution is 8.00. The Morgan fingerprint density at radius 1 is 2.00 bits per heavy atom. The van der Waals surface area contributed by atoms with Gasteiger partial charge in [-0.2, -0.15) is 0 Å². The lowest BCUT2D eigenvalue weighted by atomic mass is 11.7. The van der Waals surface area contributed by atoms with Gasteiger partial charge in [-0.05, 0) is 0 Å². The molecule has 2 radical (unpaired) electrons. The Morgan fingerprint density at radius 3 is 2.25 bits per heavy atom. The summed E-state index contributed by atoms with van der Waals surface area (Å²) < 4.78 is 0. The molecule has 0 heterocycles. The lowest BCUT2D eigenvalue weighted by Gasteiger charge is -1.65. The van der Waals surface area contributed by atoms with E-state index in [1.807, 2.05) is 0 Å². The number of thioether (sulfide) groups is 1. The minimum atomic E-state index is -0.125. The molecule has 0 atom stereocenters. The van der Waals surface area contributed by atoms with E-state index in [4.69, 9.17) is 0 Å². The van der Waals surface area contributed by atoms with Crippen molar-refractivity contribution in [2.45, 2.75) is 0 Å². The zero-order valence-electron chi connectivity index (χ0n) is 2.23. The van der Waals surface area contributed by atoms with Gasteiger partial charge in [-0.25, -0.2) is 5.11 Å². The van der Waals surface area contributed by atoms with Gasteiger partial charge in [0, 0.05) is 6.26 Å². The maximum absolute atomic E-state index is 9.20. The van der Waals surface area contributed by atoms with E-state index in [1.54, 1.807) is 0 Å². The fourth-order valence-corrected chi connectivity index (χ4v) is 0. The molecule has 0 bridgehead atoms. The Morgan fingerprint density at radius 2 is 2.25 bits per heavy atom. The largest absolute Gasteiger partial charge is 0.225 e. The van der Waals surface area contributed by atoms with E-state index in [-0.39, 0.29) is 5.94 Å². The monoisotopic (exact) mass is 76.0 g/mol. The van der Waals surface area contributed by atoms with Crippen molar-refractivity contribution < 1.29 is 5.11 Å². The van der Waals surface area contributed by atoms with Gasteiger partial charge in [0.1, 0.15) is 5.94 Å². The van der Waals surface area contributed by atoms with E-state index in [9.17, 15) is 5.11 Å². The van der Waals surface area contributed by atoms with Gasteiger partial charge in [-0.1, -0.05) is 0 Å². The van der Waals surface area contributed by atoms with E-state index >= 15 is 0 Å². The molecule has 0 aromatic carbocycles. The highest BCUT2D eigenvalue weighted by Crippen LogP contribution is 1.86. The quantitative estimate of drug-likeness (QED) is 0.425. The molecule has 0 aromatic rings. The van der Waals surface area contributed by atoms with Crippen molar-refractivity contribution in [2.24, 2.45) is 0 Å². The Labute approximate surface area is 30.0 Å². The normalized spacial score (nSPS) is 7.50. The van der Waals surface area contributed by atoms with Gasteiger partial charge in [0.25, 0.3) is 0 Å². The first kappa shape index (κ1) is 4.31. The van der Waals surface area contributed by atoms with Gasteiger partial charge >= 0.3 is 0 Å². The molecule has 24 valence electrons. The van der Waals surface area contributed by atoms with Crippen molar-refractivity contribution in [3.63, 3.8) is 0 Å². The highest BCUT2D eigenvalue weighted by Gasteiger charge is 1.59. The van der Waals surface area contributed by atoms with Gasteiger partial charge in [-0.15, -0.1) is 11.8 Å². The topological polar surface area (TPSA) is 19.9 Å². The molecule has 0 aromatic heterocycles. The van der Waals surface area contributed by atoms with Crippen molar-refractivity contribution in [2.75, 3.05) is 5.94 Å². The summed E-state index contributed by atoms with van der Waals surface area (Å²) in [5.41, 5.74) is 0. The molecule has 0 saturated carbocycles.